The molecule has 2 heterocycles. The zero-order valence-electron chi connectivity index (χ0n) is 22.4. The molecule has 0 aliphatic carbocycles. The van der Waals surface area contributed by atoms with Gasteiger partial charge in [-0.1, -0.05) is 60.7 Å². The molecule has 0 bridgehead atoms. The number of nitrogens with zero attached hydrogens (tertiary/aromatic N) is 3. The highest BCUT2D eigenvalue weighted by Crippen LogP contribution is 2.28. The van der Waals surface area contributed by atoms with Crippen LogP contribution < -0.4 is 5.32 Å². The molecule has 11 heteroatoms. The van der Waals surface area contributed by atoms with Gasteiger partial charge >= 0.3 is 23.9 Å². The molecule has 0 unspecified atom stereocenters. The third-order valence-corrected chi connectivity index (χ3v) is 6.98. The lowest BCUT2D eigenvalue weighted by molar-refractivity contribution is -0.291. The number of amides is 3. The van der Waals surface area contributed by atoms with E-state index < -0.39 is 35.8 Å². The van der Waals surface area contributed by atoms with Crippen LogP contribution in [0.5, 0.6) is 0 Å². The van der Waals surface area contributed by atoms with Crippen LogP contribution in [0.2, 0.25) is 0 Å². The van der Waals surface area contributed by atoms with Crippen LogP contribution in [-0.4, -0.2) is 96.1 Å². The first-order valence-electron chi connectivity index (χ1n) is 13.2. The number of thiol groups is 1. The molecule has 2 aromatic carbocycles. The number of ether oxygens (including phenoxy) is 2. The molecule has 2 aliphatic heterocycles. The molecule has 10 nitrogen and oxygen atoms in total. The number of hydrogen-bond donors (Lipinski definition) is 2. The van der Waals surface area contributed by atoms with E-state index in [0.717, 1.165) is 23.3 Å². The van der Waals surface area contributed by atoms with E-state index >= 15 is 0 Å². The monoisotopic (exact) mass is 566 g/mol. The molecule has 40 heavy (non-hydrogen) atoms. The number of esters is 2. The first kappa shape index (κ1) is 29.2. The SMILES string of the molecule is CN1CCN(C(=O)[C@H](Cc2ccccc2)NC(=O)N(CCS)CCc2ccccc2)C2(C1)OC(=O)C=CC(=O)O2. The van der Waals surface area contributed by atoms with Gasteiger partial charge < -0.3 is 19.7 Å². The summed E-state index contributed by atoms with van der Waals surface area (Å²) in [4.78, 5) is 57.1. The first-order valence-corrected chi connectivity index (χ1v) is 13.8. The maximum atomic E-state index is 14.2. The van der Waals surface area contributed by atoms with Gasteiger partial charge in [0.25, 0.3) is 5.91 Å². The van der Waals surface area contributed by atoms with E-state index in [2.05, 4.69) is 17.9 Å². The Morgan fingerprint density at radius 3 is 2.15 bits per heavy atom. The fourth-order valence-corrected chi connectivity index (χ4v) is 5.00. The topological polar surface area (TPSA) is 108 Å². The van der Waals surface area contributed by atoms with Gasteiger partial charge in [-0.25, -0.2) is 14.4 Å². The number of piperazine rings is 1. The van der Waals surface area contributed by atoms with Crippen LogP contribution in [0.1, 0.15) is 11.1 Å². The van der Waals surface area contributed by atoms with Crippen molar-refractivity contribution in [2.45, 2.75) is 24.8 Å². The third kappa shape index (κ3) is 7.42. The summed E-state index contributed by atoms with van der Waals surface area (Å²) in [5.74, 6) is -3.65. The van der Waals surface area contributed by atoms with Crippen LogP contribution in [0.4, 0.5) is 4.79 Å². The molecule has 0 saturated carbocycles. The van der Waals surface area contributed by atoms with Crippen molar-refractivity contribution in [2.75, 3.05) is 45.5 Å². The predicted octanol–water partition coefficient (Wildman–Crippen LogP) is 1.87. The molecule has 0 radical (unpaired) electrons. The second kappa shape index (κ2) is 13.5. The second-order valence-electron chi connectivity index (χ2n) is 9.75. The van der Waals surface area contributed by atoms with Gasteiger partial charge in [-0.3, -0.25) is 14.6 Å². The highest BCUT2D eigenvalue weighted by Gasteiger charge is 2.52. The number of carbonyl (C=O) groups excluding carboxylic acids is 4. The first-order chi connectivity index (χ1) is 19.3. The Bertz CT molecular complexity index is 1210. The Morgan fingerprint density at radius 1 is 0.950 bits per heavy atom. The summed E-state index contributed by atoms with van der Waals surface area (Å²) >= 11 is 4.33. The highest BCUT2D eigenvalue weighted by molar-refractivity contribution is 7.80. The van der Waals surface area contributed by atoms with Gasteiger partial charge in [0.2, 0.25) is 0 Å². The quantitative estimate of drug-likeness (QED) is 0.353. The number of rotatable bonds is 9. The van der Waals surface area contributed by atoms with Crippen LogP contribution in [0, 0.1) is 0 Å². The molecule has 4 rings (SSSR count). The van der Waals surface area contributed by atoms with Crippen LogP contribution in [-0.2, 0) is 36.7 Å². The molecule has 1 N–H and O–H groups in total. The summed E-state index contributed by atoms with van der Waals surface area (Å²) < 4.78 is 11.1. The van der Waals surface area contributed by atoms with Crippen molar-refractivity contribution in [2.24, 2.45) is 0 Å². The van der Waals surface area contributed by atoms with Gasteiger partial charge in [0, 0.05) is 50.5 Å². The number of likely N-dealkylation sites (N-methyl/N-ethyl adjacent to an activating group) is 1. The fourth-order valence-electron chi connectivity index (χ4n) is 4.76. The zero-order chi connectivity index (χ0) is 28.5. The smallest absolute Gasteiger partial charge is 0.358 e. The summed E-state index contributed by atoms with van der Waals surface area (Å²) in [6, 6.07) is 17.7. The molecular weight excluding hydrogens is 532 g/mol. The van der Waals surface area contributed by atoms with E-state index in [4.69, 9.17) is 9.47 Å². The van der Waals surface area contributed by atoms with Crippen molar-refractivity contribution in [3.05, 3.63) is 83.9 Å². The lowest BCUT2D eigenvalue weighted by atomic mass is 10.0. The van der Waals surface area contributed by atoms with E-state index in [1.165, 1.54) is 4.90 Å². The number of carbonyl (C=O) groups is 4. The minimum atomic E-state index is -1.96. The largest absolute Gasteiger partial charge is 0.399 e. The summed E-state index contributed by atoms with van der Waals surface area (Å²) in [6.45, 7) is 1.35. The minimum Gasteiger partial charge on any atom is -0.399 e. The molecule has 1 fully saturated rings. The minimum absolute atomic E-state index is 0.0350. The number of benzene rings is 2. The molecule has 2 aliphatic rings. The zero-order valence-corrected chi connectivity index (χ0v) is 23.3. The Hall–Kier alpha value is -3.83. The van der Waals surface area contributed by atoms with Gasteiger partial charge in [-0.15, -0.1) is 0 Å². The van der Waals surface area contributed by atoms with Gasteiger partial charge in [-0.05, 0) is 24.6 Å². The molecule has 212 valence electrons. The maximum Gasteiger partial charge on any atom is 0.358 e. The van der Waals surface area contributed by atoms with Crippen LogP contribution in [0.25, 0.3) is 0 Å². The average Bonchev–Trinajstić information content (AvgIpc) is 3.08. The van der Waals surface area contributed by atoms with Gasteiger partial charge in [0.15, 0.2) is 0 Å². The Balaban J connectivity index is 1.59. The standard InChI is InChI=1S/C29H34N4O6S/c1-31-16-17-33(29(21-31)38-25(34)12-13-26(35)39-29)27(36)24(20-23-10-6-3-7-11-23)30-28(37)32(18-19-40)15-14-22-8-4-2-5-9-22/h2-13,24,40H,14-21H2,1H3,(H,30,37)/t24-/m0/s1. The van der Waals surface area contributed by atoms with Crippen molar-refractivity contribution >= 4 is 36.5 Å². The van der Waals surface area contributed by atoms with Gasteiger partial charge in [-0.2, -0.15) is 12.6 Å². The molecule has 3 amide bonds. The van der Waals surface area contributed by atoms with E-state index in [9.17, 15) is 19.2 Å². The average molecular weight is 567 g/mol. The molecule has 1 saturated heterocycles. The third-order valence-electron chi connectivity index (χ3n) is 6.78. The number of urea groups is 1. The molecule has 1 spiro atoms. The van der Waals surface area contributed by atoms with Gasteiger partial charge in [0.1, 0.15) is 6.04 Å². The van der Waals surface area contributed by atoms with Crippen molar-refractivity contribution < 1.29 is 28.7 Å². The van der Waals surface area contributed by atoms with Crippen molar-refractivity contribution in [3.8, 4) is 0 Å². The Labute approximate surface area is 239 Å². The van der Waals surface area contributed by atoms with Gasteiger partial charge in [0.05, 0.1) is 6.54 Å². The summed E-state index contributed by atoms with van der Waals surface area (Å²) in [7, 11) is 1.77. The summed E-state index contributed by atoms with van der Waals surface area (Å²) in [6.07, 6.45) is 2.76. The van der Waals surface area contributed by atoms with E-state index in [1.54, 1.807) is 16.8 Å². The van der Waals surface area contributed by atoms with Crippen molar-refractivity contribution in [1.29, 1.82) is 0 Å². The lowest BCUT2D eigenvalue weighted by Gasteiger charge is -2.47. The van der Waals surface area contributed by atoms with Crippen molar-refractivity contribution in [3.63, 3.8) is 0 Å². The Kier molecular flexibility index (Phi) is 9.84. The molecule has 0 aromatic heterocycles. The molecular formula is C29H34N4O6S. The lowest BCUT2D eigenvalue weighted by Crippen LogP contribution is -2.69. The van der Waals surface area contributed by atoms with Crippen molar-refractivity contribution in [1.82, 2.24) is 20.0 Å². The van der Waals surface area contributed by atoms with Crippen LogP contribution in [0.15, 0.2) is 72.8 Å². The Morgan fingerprint density at radius 2 is 1.55 bits per heavy atom. The normalized spacial score (nSPS) is 17.5. The maximum absolute atomic E-state index is 14.2. The molecule has 1 atom stereocenters. The van der Waals surface area contributed by atoms with E-state index in [1.807, 2.05) is 60.7 Å². The number of nitrogens with one attached hydrogen (secondary N) is 1. The van der Waals surface area contributed by atoms with E-state index in [-0.39, 0.29) is 19.5 Å². The number of hydrogen-bond acceptors (Lipinski definition) is 8. The summed E-state index contributed by atoms with van der Waals surface area (Å²) in [5.41, 5.74) is 1.91. The highest BCUT2D eigenvalue weighted by atomic mass is 32.1. The summed E-state index contributed by atoms with van der Waals surface area (Å²) in [5, 5.41) is 2.91. The second-order valence-corrected chi connectivity index (χ2v) is 10.2. The van der Waals surface area contributed by atoms with E-state index in [0.29, 0.717) is 31.8 Å². The predicted molar refractivity (Wildman–Crippen MR) is 151 cm³/mol. The van der Waals surface area contributed by atoms with Crippen LogP contribution in [0.3, 0.4) is 0 Å². The molecule has 2 aromatic rings. The van der Waals surface area contributed by atoms with Crippen LogP contribution >= 0.6 is 12.6 Å². The fraction of sp³-hybridized carbons (Fsp3) is 0.379.